The van der Waals surface area contributed by atoms with Crippen LogP contribution in [0.25, 0.3) is 0 Å². The normalized spacial score (nSPS) is 16.1. The van der Waals surface area contributed by atoms with Crippen LogP contribution in [-0.4, -0.2) is 15.7 Å². The molecule has 0 saturated carbocycles. The van der Waals surface area contributed by atoms with Gasteiger partial charge in [-0.3, -0.25) is 9.59 Å². The zero-order chi connectivity index (χ0) is 15.7. The van der Waals surface area contributed by atoms with E-state index in [1.54, 1.807) is 0 Å². The van der Waals surface area contributed by atoms with Crippen LogP contribution in [0.2, 0.25) is 0 Å². The lowest BCUT2D eigenvalue weighted by atomic mass is 9.87. The molecule has 23 heavy (non-hydrogen) atoms. The maximum Gasteiger partial charge on any atom is 0.272 e. The molecule has 1 aliphatic carbocycles. The summed E-state index contributed by atoms with van der Waals surface area (Å²) in [5.74, 6) is -0.273. The molecule has 0 fully saturated rings. The number of benzene rings is 1. The molecule has 1 amide bonds. The van der Waals surface area contributed by atoms with E-state index >= 15 is 0 Å². The third-order valence-electron chi connectivity index (χ3n) is 3.98. The van der Waals surface area contributed by atoms with Crippen LogP contribution in [0.5, 0.6) is 0 Å². The summed E-state index contributed by atoms with van der Waals surface area (Å²) >= 11 is 0. The number of nitrogens with two attached hydrogens (primary N) is 1. The van der Waals surface area contributed by atoms with Crippen LogP contribution in [0.4, 0.5) is 5.69 Å². The smallest absolute Gasteiger partial charge is 0.272 e. The number of nitrogens with zero attached hydrogens (tertiary/aromatic N) is 2. The van der Waals surface area contributed by atoms with Crippen LogP contribution in [-0.2, 0) is 13.5 Å². The number of aromatic nitrogens is 2. The molecule has 1 aromatic carbocycles. The molecule has 0 aliphatic heterocycles. The average Bonchev–Trinajstić information content (AvgIpc) is 2.50. The maximum absolute atomic E-state index is 12.3. The van der Waals surface area contributed by atoms with Gasteiger partial charge in [0, 0.05) is 18.8 Å². The summed E-state index contributed by atoms with van der Waals surface area (Å²) in [7, 11) is 1.53. The highest BCUT2D eigenvalue weighted by molar-refractivity contribution is 5.92. The topological polar surface area (TPSA) is 90.0 Å². The van der Waals surface area contributed by atoms with E-state index in [1.165, 1.54) is 24.7 Å². The highest BCUT2D eigenvalue weighted by Gasteiger charge is 2.23. The van der Waals surface area contributed by atoms with Crippen molar-refractivity contribution in [3.8, 4) is 0 Å². The van der Waals surface area contributed by atoms with E-state index in [4.69, 9.17) is 5.73 Å². The molecular weight excluding hydrogens is 316 g/mol. The molecule has 7 heteroatoms. The van der Waals surface area contributed by atoms with Crippen molar-refractivity contribution < 1.29 is 4.79 Å². The van der Waals surface area contributed by atoms with Crippen molar-refractivity contribution in [2.45, 2.75) is 25.3 Å². The lowest BCUT2D eigenvalue weighted by Crippen LogP contribution is -2.33. The van der Waals surface area contributed by atoms with Gasteiger partial charge in [-0.25, -0.2) is 4.68 Å². The average molecular weight is 335 g/mol. The number of hydrogen-bond donors (Lipinski definition) is 2. The number of rotatable bonds is 2. The monoisotopic (exact) mass is 334 g/mol. The SMILES string of the molecule is Cl.Cn1nc(C(=O)NC2CCCc3cc(N)ccc32)ccc1=O. The van der Waals surface area contributed by atoms with Gasteiger partial charge in [-0.2, -0.15) is 5.10 Å². The second-order valence-corrected chi connectivity index (χ2v) is 5.56. The van der Waals surface area contributed by atoms with Crippen LogP contribution in [0.1, 0.15) is 40.5 Å². The summed E-state index contributed by atoms with van der Waals surface area (Å²) in [6.07, 6.45) is 2.86. The molecule has 2 aromatic rings. The van der Waals surface area contributed by atoms with Gasteiger partial charge in [0.05, 0.1) is 6.04 Å². The molecule has 1 aliphatic rings. The van der Waals surface area contributed by atoms with Gasteiger partial charge in [-0.1, -0.05) is 6.07 Å². The number of nitrogen functional groups attached to an aromatic ring is 1. The van der Waals surface area contributed by atoms with Crippen LogP contribution in [0.3, 0.4) is 0 Å². The van der Waals surface area contributed by atoms with E-state index in [-0.39, 0.29) is 35.6 Å². The summed E-state index contributed by atoms with van der Waals surface area (Å²) < 4.78 is 1.16. The zero-order valence-corrected chi connectivity index (χ0v) is 13.6. The van der Waals surface area contributed by atoms with Gasteiger partial charge in [0.25, 0.3) is 11.5 Å². The van der Waals surface area contributed by atoms with Crippen LogP contribution >= 0.6 is 12.4 Å². The van der Waals surface area contributed by atoms with E-state index in [2.05, 4.69) is 10.4 Å². The molecule has 3 rings (SSSR count). The van der Waals surface area contributed by atoms with Crippen LogP contribution in [0, 0.1) is 0 Å². The van der Waals surface area contributed by atoms with E-state index in [0.29, 0.717) is 0 Å². The number of fused-ring (bicyclic) bond motifs is 1. The Bertz CT molecular complexity index is 788. The van der Waals surface area contributed by atoms with E-state index in [9.17, 15) is 9.59 Å². The van der Waals surface area contributed by atoms with Crippen molar-refractivity contribution in [2.24, 2.45) is 7.05 Å². The van der Waals surface area contributed by atoms with Gasteiger partial charge in [-0.15, -0.1) is 12.4 Å². The van der Waals surface area contributed by atoms with Gasteiger partial charge in [-0.05, 0) is 48.6 Å². The molecule has 0 saturated heterocycles. The lowest BCUT2D eigenvalue weighted by Gasteiger charge is -2.26. The lowest BCUT2D eigenvalue weighted by molar-refractivity contribution is 0.0925. The number of carbonyl (C=O) groups excluding carboxylic acids is 1. The summed E-state index contributed by atoms with van der Waals surface area (Å²) in [6.45, 7) is 0. The molecule has 3 N–H and O–H groups in total. The zero-order valence-electron chi connectivity index (χ0n) is 12.8. The number of amides is 1. The highest BCUT2D eigenvalue weighted by atomic mass is 35.5. The van der Waals surface area contributed by atoms with Crippen molar-refractivity contribution >= 4 is 24.0 Å². The number of halogens is 1. The molecule has 1 aromatic heterocycles. The second-order valence-electron chi connectivity index (χ2n) is 5.56. The summed E-state index contributed by atoms with van der Waals surface area (Å²) in [4.78, 5) is 23.7. The molecule has 0 spiro atoms. The number of carbonyl (C=O) groups is 1. The molecule has 0 bridgehead atoms. The maximum atomic E-state index is 12.3. The fraction of sp³-hybridized carbons (Fsp3) is 0.312. The fourth-order valence-electron chi connectivity index (χ4n) is 2.84. The Balaban J connectivity index is 0.00000192. The van der Waals surface area contributed by atoms with E-state index < -0.39 is 0 Å². The van der Waals surface area contributed by atoms with Crippen molar-refractivity contribution in [3.63, 3.8) is 0 Å². The molecule has 122 valence electrons. The molecule has 1 heterocycles. The number of nitrogens with one attached hydrogen (secondary N) is 1. The third-order valence-corrected chi connectivity index (χ3v) is 3.98. The van der Waals surface area contributed by atoms with Gasteiger partial charge < -0.3 is 11.1 Å². The van der Waals surface area contributed by atoms with Gasteiger partial charge in [0.2, 0.25) is 0 Å². The molecule has 1 unspecified atom stereocenters. The van der Waals surface area contributed by atoms with Crippen LogP contribution in [0.15, 0.2) is 35.1 Å². The Morgan fingerprint density at radius 2 is 2.13 bits per heavy atom. The molecule has 6 nitrogen and oxygen atoms in total. The Hall–Kier alpha value is -2.34. The number of hydrogen-bond acceptors (Lipinski definition) is 4. The number of anilines is 1. The first-order valence-corrected chi connectivity index (χ1v) is 7.28. The minimum absolute atomic E-state index is 0. The summed E-state index contributed by atoms with van der Waals surface area (Å²) in [5, 5.41) is 6.98. The number of aryl methyl sites for hydroxylation is 2. The predicted octanol–water partition coefficient (Wildman–Crippen LogP) is 1.59. The first-order chi connectivity index (χ1) is 10.5. The first-order valence-electron chi connectivity index (χ1n) is 7.28. The Kier molecular flexibility index (Phi) is 5.05. The van der Waals surface area contributed by atoms with E-state index in [1.807, 2.05) is 18.2 Å². The van der Waals surface area contributed by atoms with Crippen molar-refractivity contribution in [1.82, 2.24) is 15.1 Å². The Morgan fingerprint density at radius 3 is 2.87 bits per heavy atom. The summed E-state index contributed by atoms with van der Waals surface area (Å²) in [6, 6.07) is 8.55. The highest BCUT2D eigenvalue weighted by Crippen LogP contribution is 2.31. The predicted molar refractivity (Wildman–Crippen MR) is 90.7 cm³/mol. The quantitative estimate of drug-likeness (QED) is 0.816. The van der Waals surface area contributed by atoms with Gasteiger partial charge in [0.1, 0.15) is 5.69 Å². The second kappa shape index (κ2) is 6.83. The van der Waals surface area contributed by atoms with Crippen molar-refractivity contribution in [2.75, 3.05) is 5.73 Å². The first kappa shape index (κ1) is 17.0. The molecule has 0 radical (unpaired) electrons. The minimum atomic E-state index is -0.273. The van der Waals surface area contributed by atoms with Gasteiger partial charge in [0.15, 0.2) is 0 Å². The molecule has 1 atom stereocenters. The summed E-state index contributed by atoms with van der Waals surface area (Å²) in [5.41, 5.74) is 8.86. The van der Waals surface area contributed by atoms with Crippen molar-refractivity contribution in [3.05, 3.63) is 57.5 Å². The third kappa shape index (κ3) is 3.53. The standard InChI is InChI=1S/C16H18N4O2.ClH/c1-20-15(21)8-7-14(19-20)16(22)18-13-4-2-3-10-9-11(17)5-6-12(10)13;/h5-9,13H,2-4,17H2,1H3,(H,18,22);1H. The largest absolute Gasteiger partial charge is 0.399 e. The fourth-order valence-corrected chi connectivity index (χ4v) is 2.84. The molecular formula is C16H19ClN4O2. The van der Waals surface area contributed by atoms with E-state index in [0.717, 1.165) is 35.2 Å². The van der Waals surface area contributed by atoms with Gasteiger partial charge >= 0.3 is 0 Å². The van der Waals surface area contributed by atoms with Crippen molar-refractivity contribution in [1.29, 1.82) is 0 Å². The Labute approximate surface area is 140 Å². The Morgan fingerprint density at radius 1 is 1.35 bits per heavy atom. The van der Waals surface area contributed by atoms with Crippen LogP contribution < -0.4 is 16.6 Å². The minimum Gasteiger partial charge on any atom is -0.399 e.